The smallest absolute Gasteiger partial charge is 0.264 e. The fourth-order valence-electron chi connectivity index (χ4n) is 2.67. The quantitative estimate of drug-likeness (QED) is 0.657. The Morgan fingerprint density at radius 1 is 0.960 bits per heavy atom. The van der Waals surface area contributed by atoms with Crippen molar-refractivity contribution in [3.63, 3.8) is 0 Å². The lowest BCUT2D eigenvalue weighted by atomic mass is 10.1. The van der Waals surface area contributed by atoms with Crippen molar-refractivity contribution < 1.29 is 17.7 Å². The van der Waals surface area contributed by atoms with Gasteiger partial charge in [-0.15, -0.1) is 0 Å². The third-order valence-electron chi connectivity index (χ3n) is 3.93. The summed E-state index contributed by atoms with van der Waals surface area (Å²) in [6, 6.07) is 19.8. The number of nitrogens with zero attached hydrogens (tertiary/aromatic N) is 1. The van der Waals surface area contributed by atoms with Crippen molar-refractivity contribution >= 4 is 10.1 Å². The molecule has 0 unspecified atom stereocenters. The lowest BCUT2D eigenvalue weighted by molar-refractivity contribution is 0.0918. The van der Waals surface area contributed by atoms with Gasteiger partial charge in [-0.3, -0.25) is 9.08 Å². The summed E-state index contributed by atoms with van der Waals surface area (Å²) in [6.45, 7) is 1.33. The van der Waals surface area contributed by atoms with E-state index >= 15 is 0 Å². The van der Waals surface area contributed by atoms with Gasteiger partial charge in [-0.05, 0) is 17.5 Å². The molecule has 2 aromatic rings. The van der Waals surface area contributed by atoms with E-state index in [-0.39, 0.29) is 19.3 Å². The first-order valence-corrected chi connectivity index (χ1v) is 10.1. The van der Waals surface area contributed by atoms with Gasteiger partial charge in [0.15, 0.2) is 0 Å². The van der Waals surface area contributed by atoms with E-state index in [9.17, 15) is 13.5 Å². The largest absolute Gasteiger partial charge is 0.395 e. The van der Waals surface area contributed by atoms with Crippen LogP contribution >= 0.6 is 0 Å². The minimum absolute atomic E-state index is 0.0597. The van der Waals surface area contributed by atoms with Gasteiger partial charge in [0.25, 0.3) is 10.1 Å². The van der Waals surface area contributed by atoms with Crippen LogP contribution in [0.5, 0.6) is 0 Å². The molecule has 2 rings (SSSR count). The number of hydrogen-bond acceptors (Lipinski definition) is 5. The molecular formula is C19H25NO4S. The van der Waals surface area contributed by atoms with E-state index in [1.807, 2.05) is 60.7 Å². The zero-order valence-corrected chi connectivity index (χ0v) is 15.2. The molecule has 0 saturated heterocycles. The molecule has 0 heterocycles. The van der Waals surface area contributed by atoms with Gasteiger partial charge in [0.05, 0.1) is 19.5 Å². The molecule has 0 spiro atoms. The molecule has 136 valence electrons. The molecule has 2 aromatic carbocycles. The molecule has 0 bridgehead atoms. The first-order valence-electron chi connectivity index (χ1n) is 8.25. The Morgan fingerprint density at radius 2 is 1.44 bits per heavy atom. The van der Waals surface area contributed by atoms with E-state index in [1.165, 1.54) is 0 Å². The topological polar surface area (TPSA) is 66.8 Å². The van der Waals surface area contributed by atoms with E-state index in [2.05, 4.69) is 4.90 Å². The monoisotopic (exact) mass is 363 g/mol. The molecule has 1 atom stereocenters. The molecule has 0 aromatic heterocycles. The van der Waals surface area contributed by atoms with Gasteiger partial charge in [-0.1, -0.05) is 60.7 Å². The summed E-state index contributed by atoms with van der Waals surface area (Å²) in [4.78, 5) is 2.15. The van der Waals surface area contributed by atoms with Crippen molar-refractivity contribution in [1.82, 2.24) is 4.90 Å². The van der Waals surface area contributed by atoms with Gasteiger partial charge >= 0.3 is 0 Å². The Bertz CT molecular complexity index is 678. The second-order valence-corrected chi connectivity index (χ2v) is 7.67. The molecule has 0 aliphatic carbocycles. The molecule has 0 aliphatic rings. The predicted molar refractivity (Wildman–Crippen MR) is 98.4 cm³/mol. The molecule has 0 amide bonds. The van der Waals surface area contributed by atoms with Crippen LogP contribution in [-0.2, 0) is 27.4 Å². The Morgan fingerprint density at radius 3 is 1.84 bits per heavy atom. The highest BCUT2D eigenvalue weighted by atomic mass is 32.2. The summed E-state index contributed by atoms with van der Waals surface area (Å²) in [7, 11) is -3.47. The summed E-state index contributed by atoms with van der Waals surface area (Å²) in [5.41, 5.74) is 2.28. The second kappa shape index (κ2) is 9.68. The van der Waals surface area contributed by atoms with Crippen molar-refractivity contribution in [2.75, 3.05) is 19.5 Å². The second-order valence-electron chi connectivity index (χ2n) is 6.03. The molecule has 0 saturated carbocycles. The number of hydrogen-bond donors (Lipinski definition) is 1. The summed E-state index contributed by atoms with van der Waals surface area (Å²) in [6.07, 6.45) is 1.47. The van der Waals surface area contributed by atoms with Crippen LogP contribution in [0.4, 0.5) is 0 Å². The fraction of sp³-hybridized carbons (Fsp3) is 0.368. The number of benzene rings is 2. The van der Waals surface area contributed by atoms with Crippen LogP contribution in [0.25, 0.3) is 0 Å². The SMILES string of the molecule is CS(=O)(=O)OCC[C@@H](CO)N(Cc1ccccc1)Cc1ccccc1. The number of aliphatic hydroxyl groups is 1. The standard InChI is InChI=1S/C19H25NO4S/c1-25(22,23)24-13-12-19(16-21)20(14-17-8-4-2-5-9-17)15-18-10-6-3-7-11-18/h2-11,19,21H,12-16H2,1H3/t19-/m0/s1. The third kappa shape index (κ3) is 7.36. The summed E-state index contributed by atoms with van der Waals surface area (Å²) in [5.74, 6) is 0. The Balaban J connectivity index is 2.10. The highest BCUT2D eigenvalue weighted by Crippen LogP contribution is 2.16. The van der Waals surface area contributed by atoms with E-state index in [0.717, 1.165) is 17.4 Å². The van der Waals surface area contributed by atoms with E-state index in [4.69, 9.17) is 4.18 Å². The summed E-state index contributed by atoms with van der Waals surface area (Å²) >= 11 is 0. The number of aliphatic hydroxyl groups excluding tert-OH is 1. The van der Waals surface area contributed by atoms with Gasteiger partial charge in [-0.2, -0.15) is 8.42 Å². The van der Waals surface area contributed by atoms with Gasteiger partial charge in [0.1, 0.15) is 0 Å². The van der Waals surface area contributed by atoms with E-state index in [1.54, 1.807) is 0 Å². The maximum Gasteiger partial charge on any atom is 0.264 e. The molecule has 1 N–H and O–H groups in total. The van der Waals surface area contributed by atoms with Crippen molar-refractivity contribution in [2.24, 2.45) is 0 Å². The third-order valence-corrected chi connectivity index (χ3v) is 4.53. The van der Waals surface area contributed by atoms with Crippen molar-refractivity contribution in [3.05, 3.63) is 71.8 Å². The van der Waals surface area contributed by atoms with Crippen LogP contribution in [0, 0.1) is 0 Å². The zero-order valence-electron chi connectivity index (χ0n) is 14.4. The highest BCUT2D eigenvalue weighted by molar-refractivity contribution is 7.85. The molecule has 0 fully saturated rings. The molecular weight excluding hydrogens is 338 g/mol. The molecule has 5 nitrogen and oxygen atoms in total. The van der Waals surface area contributed by atoms with Crippen molar-refractivity contribution in [2.45, 2.75) is 25.6 Å². The normalized spacial score (nSPS) is 13.1. The first-order chi connectivity index (χ1) is 12.0. The van der Waals surface area contributed by atoms with Crippen LogP contribution in [-0.4, -0.2) is 43.9 Å². The average Bonchev–Trinajstić information content (AvgIpc) is 2.59. The summed E-state index contributed by atoms with van der Waals surface area (Å²) in [5, 5.41) is 9.84. The maximum atomic E-state index is 11.2. The van der Waals surface area contributed by atoms with Gasteiger partial charge < -0.3 is 5.11 Å². The minimum Gasteiger partial charge on any atom is -0.395 e. The average molecular weight is 363 g/mol. The van der Waals surface area contributed by atoms with Gasteiger partial charge in [0.2, 0.25) is 0 Å². The lowest BCUT2D eigenvalue weighted by Gasteiger charge is -2.30. The van der Waals surface area contributed by atoms with Gasteiger partial charge in [0, 0.05) is 19.1 Å². The Hall–Kier alpha value is -1.73. The van der Waals surface area contributed by atoms with Crippen LogP contribution in [0.1, 0.15) is 17.5 Å². The van der Waals surface area contributed by atoms with Crippen LogP contribution in [0.2, 0.25) is 0 Å². The van der Waals surface area contributed by atoms with Crippen molar-refractivity contribution in [1.29, 1.82) is 0 Å². The maximum absolute atomic E-state index is 11.2. The Labute approximate surface area is 150 Å². The van der Waals surface area contributed by atoms with Crippen LogP contribution in [0.3, 0.4) is 0 Å². The van der Waals surface area contributed by atoms with Crippen LogP contribution < -0.4 is 0 Å². The lowest BCUT2D eigenvalue weighted by Crippen LogP contribution is -2.38. The van der Waals surface area contributed by atoms with E-state index in [0.29, 0.717) is 19.5 Å². The van der Waals surface area contributed by atoms with E-state index < -0.39 is 10.1 Å². The zero-order chi connectivity index (χ0) is 18.1. The Kier molecular flexibility index (Phi) is 7.58. The molecule has 0 aliphatic heterocycles. The van der Waals surface area contributed by atoms with Crippen LogP contribution in [0.15, 0.2) is 60.7 Å². The minimum atomic E-state index is -3.47. The molecule has 25 heavy (non-hydrogen) atoms. The number of rotatable bonds is 10. The predicted octanol–water partition coefficient (Wildman–Crippen LogP) is 2.42. The summed E-state index contributed by atoms with van der Waals surface area (Å²) < 4.78 is 27.2. The van der Waals surface area contributed by atoms with Crippen molar-refractivity contribution in [3.8, 4) is 0 Å². The molecule has 6 heteroatoms. The first kappa shape index (κ1) is 19.6. The van der Waals surface area contributed by atoms with Gasteiger partial charge in [-0.25, -0.2) is 0 Å². The highest BCUT2D eigenvalue weighted by Gasteiger charge is 2.19. The molecule has 0 radical (unpaired) electrons. The fourth-order valence-corrected chi connectivity index (χ4v) is 3.07.